The monoisotopic (exact) mass is 296 g/mol. The van der Waals surface area contributed by atoms with E-state index in [1.807, 2.05) is 6.92 Å². The molecule has 0 saturated heterocycles. The molecule has 0 aromatic carbocycles. The number of nitrogens with zero attached hydrogens (tertiary/aromatic N) is 3. The van der Waals surface area contributed by atoms with Crippen LogP contribution in [0.4, 0.5) is 0 Å². The molecule has 0 fully saturated rings. The minimum Gasteiger partial charge on any atom is -0.383 e. The quantitative estimate of drug-likeness (QED) is 0.842. The van der Waals surface area contributed by atoms with Crippen molar-refractivity contribution >= 4 is 11.6 Å². The second kappa shape index (κ2) is 7.33. The van der Waals surface area contributed by atoms with E-state index < -0.39 is 0 Å². The second-order valence-corrected chi connectivity index (χ2v) is 4.72. The Morgan fingerprint density at radius 1 is 1.45 bits per heavy atom. The van der Waals surface area contributed by atoms with Crippen LogP contribution in [0.5, 0.6) is 0 Å². The van der Waals surface area contributed by atoms with Crippen LogP contribution in [-0.4, -0.2) is 41.4 Å². The van der Waals surface area contributed by atoms with Crippen molar-refractivity contribution in [1.29, 1.82) is 0 Å². The van der Waals surface area contributed by atoms with Gasteiger partial charge in [-0.3, -0.25) is 4.98 Å². The Bertz CT molecular complexity index is 523. The molecular formula is C13H17ClN4O2. The first-order chi connectivity index (χ1) is 9.72. The Labute approximate surface area is 122 Å². The molecule has 1 atom stereocenters. The lowest BCUT2D eigenvalue weighted by Crippen LogP contribution is -2.35. The first-order valence-corrected chi connectivity index (χ1v) is 6.77. The molecule has 0 aliphatic rings. The molecule has 7 heteroatoms. The predicted octanol–water partition coefficient (Wildman–Crippen LogP) is 1.95. The van der Waals surface area contributed by atoms with Gasteiger partial charge < -0.3 is 14.6 Å². The first-order valence-electron chi connectivity index (χ1n) is 6.39. The van der Waals surface area contributed by atoms with Crippen LogP contribution in [0.2, 0.25) is 5.02 Å². The van der Waals surface area contributed by atoms with Gasteiger partial charge in [0.15, 0.2) is 0 Å². The molecule has 2 aromatic heterocycles. The van der Waals surface area contributed by atoms with Crippen molar-refractivity contribution in [3.8, 4) is 11.5 Å². The normalized spacial score (nSPS) is 12.6. The maximum atomic E-state index is 5.79. The minimum absolute atomic E-state index is 0.150. The standard InChI is InChI=1S/C13H17ClN4O2/c1-3-15-10(8-19-2)6-12-17-13(18-20-12)11-5-4-9(14)7-16-11/h4-5,7,10,15H,3,6,8H2,1-2H3. The highest BCUT2D eigenvalue weighted by molar-refractivity contribution is 6.30. The third kappa shape index (κ3) is 4.00. The van der Waals surface area contributed by atoms with E-state index in [9.17, 15) is 0 Å². The molecule has 0 amide bonds. The SMILES string of the molecule is CCNC(COC)Cc1nc(-c2ccc(Cl)cn2)no1. The highest BCUT2D eigenvalue weighted by Crippen LogP contribution is 2.16. The molecule has 0 aliphatic heterocycles. The third-order valence-electron chi connectivity index (χ3n) is 2.71. The fourth-order valence-electron chi connectivity index (χ4n) is 1.84. The lowest BCUT2D eigenvalue weighted by atomic mass is 10.2. The van der Waals surface area contributed by atoms with Crippen LogP contribution in [0.25, 0.3) is 11.5 Å². The van der Waals surface area contributed by atoms with Crippen molar-refractivity contribution in [3.63, 3.8) is 0 Å². The van der Waals surface area contributed by atoms with Gasteiger partial charge in [0.05, 0.1) is 11.6 Å². The molecular weight excluding hydrogens is 280 g/mol. The molecule has 6 nitrogen and oxygen atoms in total. The van der Waals surface area contributed by atoms with Crippen LogP contribution in [0, 0.1) is 0 Å². The topological polar surface area (TPSA) is 73.1 Å². The van der Waals surface area contributed by atoms with Crippen LogP contribution in [0.15, 0.2) is 22.9 Å². The Morgan fingerprint density at radius 3 is 2.95 bits per heavy atom. The van der Waals surface area contributed by atoms with E-state index in [4.69, 9.17) is 20.9 Å². The van der Waals surface area contributed by atoms with E-state index >= 15 is 0 Å². The molecule has 0 spiro atoms. The number of likely N-dealkylation sites (N-methyl/N-ethyl adjacent to an activating group) is 1. The predicted molar refractivity (Wildman–Crippen MR) is 75.6 cm³/mol. The molecule has 2 rings (SSSR count). The van der Waals surface area contributed by atoms with Crippen LogP contribution in [0.3, 0.4) is 0 Å². The van der Waals surface area contributed by atoms with Gasteiger partial charge >= 0.3 is 0 Å². The molecule has 0 radical (unpaired) electrons. The van der Waals surface area contributed by atoms with Gasteiger partial charge in [-0.25, -0.2) is 0 Å². The Balaban J connectivity index is 2.06. The van der Waals surface area contributed by atoms with Crippen LogP contribution < -0.4 is 5.32 Å². The number of hydrogen-bond acceptors (Lipinski definition) is 6. The highest BCUT2D eigenvalue weighted by Gasteiger charge is 2.15. The van der Waals surface area contributed by atoms with Crippen LogP contribution in [-0.2, 0) is 11.2 Å². The number of ether oxygens (including phenoxy) is 1. The van der Waals surface area contributed by atoms with Crippen LogP contribution >= 0.6 is 11.6 Å². The van der Waals surface area contributed by atoms with E-state index in [1.54, 1.807) is 25.4 Å². The average molecular weight is 297 g/mol. The summed E-state index contributed by atoms with van der Waals surface area (Å²) >= 11 is 5.79. The fraction of sp³-hybridized carbons (Fsp3) is 0.462. The molecule has 2 aromatic rings. The summed E-state index contributed by atoms with van der Waals surface area (Å²) < 4.78 is 10.4. The fourth-order valence-corrected chi connectivity index (χ4v) is 1.95. The number of nitrogens with one attached hydrogen (secondary N) is 1. The molecule has 108 valence electrons. The van der Waals surface area contributed by atoms with E-state index in [1.165, 1.54) is 0 Å². The van der Waals surface area contributed by atoms with Gasteiger partial charge in [0.1, 0.15) is 5.69 Å². The lowest BCUT2D eigenvalue weighted by Gasteiger charge is -2.14. The number of aromatic nitrogens is 3. The Hall–Kier alpha value is -1.50. The summed E-state index contributed by atoms with van der Waals surface area (Å²) in [4.78, 5) is 8.49. The summed E-state index contributed by atoms with van der Waals surface area (Å²) in [6.45, 7) is 3.48. The largest absolute Gasteiger partial charge is 0.383 e. The summed E-state index contributed by atoms with van der Waals surface area (Å²) in [6.07, 6.45) is 2.17. The highest BCUT2D eigenvalue weighted by atomic mass is 35.5. The first kappa shape index (κ1) is 14.9. The molecule has 2 heterocycles. The number of pyridine rings is 1. The van der Waals surface area contributed by atoms with E-state index in [2.05, 4.69) is 20.4 Å². The van der Waals surface area contributed by atoms with E-state index in [0.717, 1.165) is 6.54 Å². The maximum Gasteiger partial charge on any atom is 0.228 e. The Kier molecular flexibility index (Phi) is 5.46. The number of hydrogen-bond donors (Lipinski definition) is 1. The van der Waals surface area contributed by atoms with Crippen molar-refractivity contribution in [2.24, 2.45) is 0 Å². The zero-order chi connectivity index (χ0) is 14.4. The van der Waals surface area contributed by atoms with Crippen molar-refractivity contribution in [2.45, 2.75) is 19.4 Å². The van der Waals surface area contributed by atoms with Gasteiger partial charge in [-0.15, -0.1) is 0 Å². The van der Waals surface area contributed by atoms with E-state index in [-0.39, 0.29) is 6.04 Å². The summed E-state index contributed by atoms with van der Waals surface area (Å²) in [5.74, 6) is 1.02. The number of methoxy groups -OCH3 is 1. The molecule has 0 aliphatic carbocycles. The smallest absolute Gasteiger partial charge is 0.228 e. The minimum atomic E-state index is 0.150. The number of rotatable bonds is 7. The van der Waals surface area contributed by atoms with E-state index in [0.29, 0.717) is 35.5 Å². The Morgan fingerprint density at radius 2 is 2.30 bits per heavy atom. The van der Waals surface area contributed by atoms with Gasteiger partial charge in [-0.05, 0) is 18.7 Å². The van der Waals surface area contributed by atoms with Crippen molar-refractivity contribution < 1.29 is 9.26 Å². The molecule has 1 N–H and O–H groups in total. The molecule has 1 unspecified atom stereocenters. The van der Waals surface area contributed by atoms with Crippen molar-refractivity contribution in [3.05, 3.63) is 29.2 Å². The summed E-state index contributed by atoms with van der Waals surface area (Å²) in [5.41, 5.74) is 0.635. The zero-order valence-corrected chi connectivity index (χ0v) is 12.2. The molecule has 0 bridgehead atoms. The summed E-state index contributed by atoms with van der Waals surface area (Å²) in [5, 5.41) is 7.81. The van der Waals surface area contributed by atoms with Gasteiger partial charge in [-0.1, -0.05) is 23.7 Å². The lowest BCUT2D eigenvalue weighted by molar-refractivity contribution is 0.162. The van der Waals surface area contributed by atoms with Crippen LogP contribution in [0.1, 0.15) is 12.8 Å². The second-order valence-electron chi connectivity index (χ2n) is 4.29. The molecule has 0 saturated carbocycles. The number of halogens is 1. The van der Waals surface area contributed by atoms with Gasteiger partial charge in [-0.2, -0.15) is 4.98 Å². The van der Waals surface area contributed by atoms with Crippen molar-refractivity contribution in [2.75, 3.05) is 20.3 Å². The summed E-state index contributed by atoms with van der Waals surface area (Å²) in [7, 11) is 1.67. The van der Waals surface area contributed by atoms with Crippen molar-refractivity contribution in [1.82, 2.24) is 20.4 Å². The third-order valence-corrected chi connectivity index (χ3v) is 2.93. The average Bonchev–Trinajstić information content (AvgIpc) is 2.89. The van der Waals surface area contributed by atoms with Gasteiger partial charge in [0.2, 0.25) is 11.7 Å². The summed E-state index contributed by atoms with van der Waals surface area (Å²) in [6, 6.07) is 3.65. The zero-order valence-electron chi connectivity index (χ0n) is 11.5. The molecule has 20 heavy (non-hydrogen) atoms. The maximum absolute atomic E-state index is 5.79. The van der Waals surface area contributed by atoms with Gasteiger partial charge in [0.25, 0.3) is 0 Å². The van der Waals surface area contributed by atoms with Gasteiger partial charge in [0, 0.05) is 25.8 Å².